The summed E-state index contributed by atoms with van der Waals surface area (Å²) in [5.41, 5.74) is 21.3. The number of aliphatic hydroxyl groups excluding tert-OH is 6. The molecule has 0 aliphatic rings. The monoisotopic (exact) mass is 2010 g/mol. The molecule has 9 rings (SSSR count). The van der Waals surface area contributed by atoms with Crippen LogP contribution >= 0.6 is 0 Å². The Morgan fingerprint density at radius 1 is 0.244 bits per heavy atom. The van der Waals surface area contributed by atoms with Crippen LogP contribution in [-0.2, 0) is 0 Å². The number of rotatable bonds is 18. The van der Waals surface area contributed by atoms with Crippen molar-refractivity contribution in [1.82, 2.24) is 32.6 Å². The van der Waals surface area contributed by atoms with E-state index in [0.717, 1.165) is 59.3 Å². The molecule has 44 heteroatoms. The molecular formula is C75H81Cl3Dy2N12O27. The topological polar surface area (TPSA) is 716 Å². The number of carbonyl (C=O) groups excluding carboxylic acids is 6. The van der Waals surface area contributed by atoms with Gasteiger partial charge in [-0.25, -0.2) is 88.5 Å². The van der Waals surface area contributed by atoms with E-state index >= 15 is 0 Å². The van der Waals surface area contributed by atoms with Gasteiger partial charge in [-0.2, -0.15) is 30.6 Å². The van der Waals surface area contributed by atoms with Gasteiger partial charge in [0.1, 0.15) is 0 Å². The van der Waals surface area contributed by atoms with Gasteiger partial charge in [-0.15, -0.1) is 30.7 Å². The summed E-state index contributed by atoms with van der Waals surface area (Å²) in [6.45, 7) is 5.46. The first-order valence-corrected chi connectivity index (χ1v) is 35.6. The molecule has 9 aromatic carbocycles. The molecule has 0 atom stereocenters. The minimum atomic E-state index is -4.94. The summed E-state index contributed by atoms with van der Waals surface area (Å²) in [5, 5.41) is 103. The second-order valence-corrected chi connectivity index (χ2v) is 22.6. The Balaban J connectivity index is -0.000000469. The van der Waals surface area contributed by atoms with Crippen molar-refractivity contribution in [2.24, 2.45) is 30.6 Å². The maximum atomic E-state index is 12.6. The number of amides is 6. The molecule has 39 nitrogen and oxygen atoms in total. The van der Waals surface area contributed by atoms with E-state index in [-0.39, 0.29) is 129 Å². The van der Waals surface area contributed by atoms with Crippen molar-refractivity contribution in [3.05, 3.63) is 302 Å². The van der Waals surface area contributed by atoms with Gasteiger partial charge in [0.25, 0.3) is 35.4 Å². The van der Waals surface area contributed by atoms with Gasteiger partial charge in [0.2, 0.25) is 0 Å². The Kier molecular flexibility index (Phi) is 67.9. The second-order valence-electron chi connectivity index (χ2n) is 20.3. The van der Waals surface area contributed by atoms with Crippen LogP contribution in [0.2, 0.25) is 0 Å². The summed E-state index contributed by atoms with van der Waals surface area (Å²) >= 11 is 0. The molecule has 119 heavy (non-hydrogen) atoms. The zero-order chi connectivity index (χ0) is 89.5. The quantitative estimate of drug-likeness (QED) is 0.0280. The van der Waals surface area contributed by atoms with Gasteiger partial charge in [0.05, 0.1) is 37.3 Å². The number of carbonyl (C=O) groups is 6. The predicted octanol–water partition coefficient (Wildman–Crippen LogP) is -8.83. The minimum Gasteiger partial charge on any atom is -0.872 e. The number of hydrogen-bond acceptors (Lipinski definition) is 33. The van der Waals surface area contributed by atoms with Crippen LogP contribution in [-0.4, -0.2) is 146 Å². The first kappa shape index (κ1) is 117. The van der Waals surface area contributed by atoms with E-state index in [0.29, 0.717) is 66.8 Å². The smallest absolute Gasteiger partial charge is 0.872 e. The van der Waals surface area contributed by atoms with Crippen molar-refractivity contribution in [2.45, 2.75) is 20.8 Å². The summed E-state index contributed by atoms with van der Waals surface area (Å²) in [4.78, 5) is 72.1. The van der Waals surface area contributed by atoms with Crippen molar-refractivity contribution in [1.29, 1.82) is 0 Å². The van der Waals surface area contributed by atoms with Crippen molar-refractivity contribution < 1.29 is 238 Å². The summed E-state index contributed by atoms with van der Waals surface area (Å²) < 4.78 is 102. The fourth-order valence-corrected chi connectivity index (χ4v) is 7.95. The van der Waals surface area contributed by atoms with Gasteiger partial charge in [0, 0.05) is 76.0 Å². The molecule has 0 aliphatic carbocycles. The first-order chi connectivity index (χ1) is 55.6. The van der Waals surface area contributed by atoms with Gasteiger partial charge < -0.3 is 46.0 Å². The third-order valence-electron chi connectivity index (χ3n) is 12.3. The molecule has 0 spiro atoms. The normalized spacial score (nSPS) is 10.1. The summed E-state index contributed by atoms with van der Waals surface area (Å²) in [6.07, 6.45) is 7.73. The Hall–Kier alpha value is -10.1. The van der Waals surface area contributed by atoms with Crippen molar-refractivity contribution in [2.75, 3.05) is 42.7 Å². The Bertz CT molecular complexity index is 3810. The Morgan fingerprint density at radius 2 is 0.345 bits per heavy atom. The van der Waals surface area contributed by atoms with Gasteiger partial charge in [-0.3, -0.25) is 28.8 Å². The molecular weight excluding hydrogens is 1930 g/mol. The Morgan fingerprint density at radius 3 is 0.445 bits per heavy atom. The van der Waals surface area contributed by atoms with E-state index in [1.54, 1.807) is 182 Å². The third-order valence-corrected chi connectivity index (χ3v) is 12.3. The van der Waals surface area contributed by atoms with Gasteiger partial charge in [0.15, 0.2) is 0 Å². The number of benzene rings is 9. The molecule has 644 valence electrons. The molecule has 12 N–H and O–H groups in total. The Labute approximate surface area is 749 Å². The molecule has 0 fully saturated rings. The number of halogens is 3. The maximum Gasteiger partial charge on any atom is 3.00 e. The van der Waals surface area contributed by atoms with Gasteiger partial charge in [-0.05, 0) is 144 Å². The van der Waals surface area contributed by atoms with E-state index in [4.69, 9.17) is 86.5 Å². The fourth-order valence-electron chi connectivity index (χ4n) is 7.95. The van der Waals surface area contributed by atoms with Crippen LogP contribution in [0, 0.1) is 128 Å². The van der Waals surface area contributed by atoms with E-state index in [9.17, 15) is 44.1 Å². The molecule has 9 aromatic rings. The standard InChI is InChI=1S/3C23H20N4O3.6CH4O.3ClHO4.2Dy/c3*1-16-12-19(14-24-26-22(29)17-8-4-2-5-9-17)21(28)20(13-16)15-25-27-23(30)18-10-6-3-7-11-18;6*1-2;3*2-1(3,4)5;;/h3*2-15,28H,1H3,(H,26,29)(H,27,30);6*2H,1H3;3*(H,2,3,4,5);;/q;;;;;;;;;;;;2*+3/p-6/b3*24-14+,25-15+;;;;;;;;;;;. The molecule has 0 heterocycles. The average Bonchev–Trinajstić information content (AvgIpc) is 0.847. The fraction of sp³-hybridized carbons (Fsp3) is 0.120. The maximum absolute atomic E-state index is 12.6. The minimum absolute atomic E-state index is 0. The largest absolute Gasteiger partial charge is 3.00 e. The number of aryl methyl sites for hydroxylation is 3. The van der Waals surface area contributed by atoms with Crippen LogP contribution in [0.5, 0.6) is 17.2 Å². The SMILES string of the molecule is CO.CO.CO.CO.CO.CO.Cc1cc(/C=N/NC(=O)c2ccccc2)c([O-])c(/C=N/NC(=O)c2ccccc2)c1.Cc1cc(/C=N/NC(=O)c2ccccc2)c([O-])c(/C=N/NC(=O)c2ccccc2)c1.Cc1cc(/C=N/NC(=O)c2ccccc2)c([O-])c(/C=N/NC(=O)c2ccccc2)c1.[Dy+3].[Dy+3].[O-][Cl+3]([O-])([O-])[O-].[O-][Cl+3]([O-])([O-])[O-].[O-][Cl+3]([O-])([O-])[O-]. The van der Waals surface area contributed by atoms with Crippen molar-refractivity contribution in [3.63, 3.8) is 0 Å². The summed E-state index contributed by atoms with van der Waals surface area (Å²) in [7, 11) is -8.83. The second kappa shape index (κ2) is 68.8. The summed E-state index contributed by atoms with van der Waals surface area (Å²) in [6, 6.07) is 61.7. The molecule has 2 radical (unpaired) electrons. The van der Waals surface area contributed by atoms with Crippen LogP contribution in [0.25, 0.3) is 0 Å². The van der Waals surface area contributed by atoms with E-state index in [1.807, 2.05) is 57.2 Å². The molecule has 0 saturated heterocycles. The number of aliphatic hydroxyl groups is 6. The molecule has 0 unspecified atom stereocenters. The number of hydrazone groups is 6. The predicted molar refractivity (Wildman–Crippen MR) is 390 cm³/mol. The average molecular weight is 2010 g/mol. The zero-order valence-corrected chi connectivity index (χ0v) is 70.3. The molecule has 0 aliphatic heterocycles. The third kappa shape index (κ3) is 56.9. The van der Waals surface area contributed by atoms with Crippen molar-refractivity contribution in [3.8, 4) is 17.2 Å². The number of hydrogen-bond donors (Lipinski definition) is 12. The van der Waals surface area contributed by atoms with Crippen LogP contribution in [0.4, 0.5) is 0 Å². The van der Waals surface area contributed by atoms with E-state index in [1.165, 1.54) is 37.3 Å². The van der Waals surface area contributed by atoms with Crippen LogP contribution in [0.15, 0.2) is 249 Å². The summed E-state index contributed by atoms with van der Waals surface area (Å²) in [5.74, 6) is -3.23. The molecule has 6 amide bonds. The first-order valence-electron chi connectivity index (χ1n) is 31.9. The van der Waals surface area contributed by atoms with Crippen molar-refractivity contribution >= 4 is 72.7 Å². The van der Waals surface area contributed by atoms with E-state index < -0.39 is 30.7 Å². The number of nitrogens with zero attached hydrogens (tertiary/aromatic N) is 6. The molecule has 0 aromatic heterocycles. The van der Waals surface area contributed by atoms with Crippen LogP contribution in [0.1, 0.15) is 112 Å². The van der Waals surface area contributed by atoms with E-state index in [2.05, 4.69) is 63.2 Å². The molecule has 0 saturated carbocycles. The van der Waals surface area contributed by atoms with Crippen LogP contribution < -0.4 is 104 Å². The van der Waals surface area contributed by atoms with Gasteiger partial charge in [-0.1, -0.05) is 163 Å². The van der Waals surface area contributed by atoms with Crippen LogP contribution in [0.3, 0.4) is 0 Å². The van der Waals surface area contributed by atoms with Gasteiger partial charge >= 0.3 is 76.3 Å². The molecule has 0 bridgehead atoms. The number of nitrogens with one attached hydrogen (secondary N) is 6. The zero-order valence-electron chi connectivity index (χ0n) is 64.0.